The number of nitrogens with one attached hydrogen (secondary N) is 2. The van der Waals surface area contributed by atoms with Crippen molar-refractivity contribution in [2.24, 2.45) is 5.92 Å². The summed E-state index contributed by atoms with van der Waals surface area (Å²) in [5.74, 6) is 1.18. The lowest BCUT2D eigenvalue weighted by Crippen LogP contribution is -2.54. The first-order valence-electron chi connectivity index (χ1n) is 11.6. The number of hydrogen-bond acceptors (Lipinski definition) is 5. The Morgan fingerprint density at radius 3 is 2.30 bits per heavy atom. The molecule has 1 aliphatic heterocycles. The first-order chi connectivity index (χ1) is 14.7. The summed E-state index contributed by atoms with van der Waals surface area (Å²) in [6.45, 7) is 13.6. The molecule has 1 aromatic carbocycles. The van der Waals surface area contributed by atoms with Crippen LogP contribution in [0.1, 0.15) is 74.1 Å². The largest absolute Gasteiger partial charge is 0.476 e. The highest BCUT2D eigenvalue weighted by Gasteiger charge is 2.42. The molecule has 0 spiro atoms. The van der Waals surface area contributed by atoms with E-state index in [1.165, 1.54) is 0 Å². The van der Waals surface area contributed by atoms with Crippen LogP contribution < -0.4 is 19.7 Å². The van der Waals surface area contributed by atoms with Crippen LogP contribution in [0.5, 0.6) is 5.75 Å². The highest BCUT2D eigenvalue weighted by atomic mass is 35.5. The molecule has 1 saturated carbocycles. The van der Waals surface area contributed by atoms with Gasteiger partial charge in [0, 0.05) is 30.4 Å². The van der Waals surface area contributed by atoms with Crippen LogP contribution in [0, 0.1) is 5.92 Å². The molecule has 188 valence electrons. The molecule has 3 rings (SSSR count). The Morgan fingerprint density at radius 2 is 1.76 bits per heavy atom. The minimum Gasteiger partial charge on any atom is -0.476 e. The van der Waals surface area contributed by atoms with Crippen LogP contribution in [0.3, 0.4) is 0 Å². The first kappa shape index (κ1) is 27.7. The molecular formula is C24H40ClN3O4S. The smallest absolute Gasteiger partial charge is 0.270 e. The van der Waals surface area contributed by atoms with E-state index < -0.39 is 20.4 Å². The summed E-state index contributed by atoms with van der Waals surface area (Å²) in [5.41, 5.74) is 0.879. The number of carbonyl (C=O) groups excluding carboxylic acids is 1. The number of carbonyl (C=O) groups is 1. The molecule has 0 bridgehead atoms. The van der Waals surface area contributed by atoms with Gasteiger partial charge in [-0.25, -0.2) is 13.1 Å². The summed E-state index contributed by atoms with van der Waals surface area (Å²) < 4.78 is 32.9. The summed E-state index contributed by atoms with van der Waals surface area (Å²) in [5, 5.41) is 3.51. The lowest BCUT2D eigenvalue weighted by Gasteiger charge is -2.41. The molecule has 0 saturated heterocycles. The molecular weight excluding hydrogens is 462 g/mol. The molecule has 7 nitrogen and oxygen atoms in total. The van der Waals surface area contributed by atoms with E-state index in [0.717, 1.165) is 43.6 Å². The molecule has 9 heteroatoms. The molecule has 0 radical (unpaired) electrons. The highest BCUT2D eigenvalue weighted by Crippen LogP contribution is 2.40. The van der Waals surface area contributed by atoms with Gasteiger partial charge in [0.1, 0.15) is 5.75 Å². The topological polar surface area (TPSA) is 87.7 Å². The Bertz CT molecular complexity index is 949. The maximum absolute atomic E-state index is 12.8. The van der Waals surface area contributed by atoms with Gasteiger partial charge in [0.05, 0.1) is 10.4 Å². The Kier molecular flexibility index (Phi) is 8.40. The van der Waals surface area contributed by atoms with Crippen molar-refractivity contribution in [3.63, 3.8) is 0 Å². The van der Waals surface area contributed by atoms with Crippen LogP contribution in [0.15, 0.2) is 18.2 Å². The van der Waals surface area contributed by atoms with Crippen LogP contribution in [0.25, 0.3) is 0 Å². The van der Waals surface area contributed by atoms with Crippen molar-refractivity contribution < 1.29 is 17.9 Å². The van der Waals surface area contributed by atoms with Gasteiger partial charge in [0.2, 0.25) is 10.0 Å². The number of sulfonamides is 1. The van der Waals surface area contributed by atoms with Gasteiger partial charge in [-0.3, -0.25) is 4.79 Å². The van der Waals surface area contributed by atoms with Gasteiger partial charge >= 0.3 is 0 Å². The molecule has 1 amide bonds. The molecule has 0 aromatic heterocycles. The van der Waals surface area contributed by atoms with Gasteiger partial charge < -0.3 is 15.0 Å². The first-order valence-corrected chi connectivity index (χ1v) is 13.1. The van der Waals surface area contributed by atoms with Gasteiger partial charge in [0.25, 0.3) is 5.91 Å². The van der Waals surface area contributed by atoms with Crippen molar-refractivity contribution in [3.05, 3.63) is 18.2 Å². The Morgan fingerprint density at radius 1 is 1.15 bits per heavy atom. The van der Waals surface area contributed by atoms with E-state index in [1.54, 1.807) is 34.6 Å². The van der Waals surface area contributed by atoms with E-state index in [1.807, 2.05) is 36.9 Å². The van der Waals surface area contributed by atoms with Crippen LogP contribution in [0.4, 0.5) is 11.4 Å². The molecule has 2 aliphatic rings. The predicted molar refractivity (Wildman–Crippen MR) is 137 cm³/mol. The fraction of sp³-hybridized carbons (Fsp3) is 0.708. The molecule has 0 unspecified atom stereocenters. The molecule has 2 N–H and O–H groups in total. The number of benzene rings is 1. The molecule has 1 aliphatic carbocycles. The Hall–Kier alpha value is -1.51. The molecule has 0 atom stereocenters. The van der Waals surface area contributed by atoms with Crippen molar-refractivity contribution in [3.8, 4) is 5.75 Å². The zero-order valence-corrected chi connectivity index (χ0v) is 22.5. The van der Waals surface area contributed by atoms with E-state index in [4.69, 9.17) is 4.74 Å². The third-order valence-electron chi connectivity index (χ3n) is 6.40. The third kappa shape index (κ3) is 6.14. The number of rotatable bonds is 6. The number of halogens is 1. The fourth-order valence-electron chi connectivity index (χ4n) is 4.28. The number of fused-ring (bicyclic) bond motifs is 1. The van der Waals surface area contributed by atoms with Crippen LogP contribution >= 0.6 is 12.4 Å². The lowest BCUT2D eigenvalue weighted by atomic mass is 9.86. The van der Waals surface area contributed by atoms with Crippen LogP contribution in [0.2, 0.25) is 0 Å². The van der Waals surface area contributed by atoms with Gasteiger partial charge in [-0.2, -0.15) is 0 Å². The van der Waals surface area contributed by atoms with Crippen LogP contribution in [-0.2, 0) is 14.8 Å². The van der Waals surface area contributed by atoms with Crippen molar-refractivity contribution >= 4 is 39.7 Å². The molecule has 1 aromatic rings. The van der Waals surface area contributed by atoms with Crippen molar-refractivity contribution in [2.45, 2.75) is 96.6 Å². The summed E-state index contributed by atoms with van der Waals surface area (Å²) in [6.07, 6.45) is 3.67. The average Bonchev–Trinajstić information content (AvgIpc) is 2.66. The number of ether oxygens (including phenoxy) is 1. The summed E-state index contributed by atoms with van der Waals surface area (Å²) in [6, 6.07) is 5.99. The van der Waals surface area contributed by atoms with Crippen molar-refractivity contribution in [2.75, 3.05) is 16.8 Å². The monoisotopic (exact) mass is 501 g/mol. The summed E-state index contributed by atoms with van der Waals surface area (Å²) in [4.78, 5) is 14.6. The van der Waals surface area contributed by atoms with E-state index >= 15 is 0 Å². The van der Waals surface area contributed by atoms with Crippen molar-refractivity contribution in [1.29, 1.82) is 0 Å². The number of nitrogens with zero attached hydrogens (tertiary/aromatic N) is 1. The zero-order chi connectivity index (χ0) is 23.9. The number of hydrogen-bond donors (Lipinski definition) is 2. The predicted octanol–water partition coefficient (Wildman–Crippen LogP) is 4.71. The minimum atomic E-state index is -3.31. The SMILES string of the molecule is CC(C)N1C(=O)C(C)(C)Oc2cc(NCC3CCC(NS(=O)(=O)C(C)(C)C)CC3)ccc21.Cl. The maximum Gasteiger partial charge on any atom is 0.270 e. The van der Waals surface area contributed by atoms with E-state index in [9.17, 15) is 13.2 Å². The van der Waals surface area contributed by atoms with Gasteiger partial charge in [-0.1, -0.05) is 0 Å². The highest BCUT2D eigenvalue weighted by molar-refractivity contribution is 7.90. The molecule has 1 heterocycles. The third-order valence-corrected chi connectivity index (χ3v) is 8.66. The van der Waals surface area contributed by atoms with Gasteiger partial charge in [-0.15, -0.1) is 12.4 Å². The lowest BCUT2D eigenvalue weighted by molar-refractivity contribution is -0.133. The second kappa shape index (κ2) is 10.0. The number of anilines is 2. The zero-order valence-electron chi connectivity index (χ0n) is 20.9. The number of amides is 1. The van der Waals surface area contributed by atoms with Crippen molar-refractivity contribution in [1.82, 2.24) is 4.72 Å². The van der Waals surface area contributed by atoms with Gasteiger partial charge in [-0.05, 0) is 92.2 Å². The standard InChI is InChI=1S/C24H39N3O4S.ClH/c1-16(2)27-20-13-12-19(14-21(20)31-24(6,7)22(27)28)25-15-17-8-10-18(11-9-17)26-32(29,30)23(3,4)5;/h12-14,16-18,25-26H,8-11,15H2,1-7H3;1H. The second-order valence-corrected chi connectivity index (χ2v) is 13.4. The van der Waals surface area contributed by atoms with Gasteiger partial charge in [0.15, 0.2) is 5.60 Å². The minimum absolute atomic E-state index is 0. The Balaban J connectivity index is 0.00000385. The van der Waals surface area contributed by atoms with E-state index in [2.05, 4.69) is 10.0 Å². The van der Waals surface area contributed by atoms with E-state index in [-0.39, 0.29) is 30.4 Å². The summed E-state index contributed by atoms with van der Waals surface area (Å²) >= 11 is 0. The van der Waals surface area contributed by atoms with E-state index in [0.29, 0.717) is 11.7 Å². The second-order valence-electron chi connectivity index (χ2n) is 10.9. The fourth-order valence-corrected chi connectivity index (χ4v) is 5.31. The summed E-state index contributed by atoms with van der Waals surface area (Å²) in [7, 11) is -3.31. The maximum atomic E-state index is 12.8. The molecule has 1 fully saturated rings. The van der Waals surface area contributed by atoms with Crippen LogP contribution in [-0.4, -0.2) is 43.3 Å². The average molecular weight is 502 g/mol. The normalized spacial score (nSPS) is 22.9. The molecule has 33 heavy (non-hydrogen) atoms. The Labute approximate surface area is 205 Å². The quantitative estimate of drug-likeness (QED) is 0.589.